The van der Waals surface area contributed by atoms with Crippen molar-refractivity contribution < 1.29 is 28.2 Å². The summed E-state index contributed by atoms with van der Waals surface area (Å²) in [5.41, 5.74) is 0.252. The molecule has 0 atom stereocenters. The fourth-order valence-corrected chi connectivity index (χ4v) is 2.89. The predicted molar refractivity (Wildman–Crippen MR) is 86.5 cm³/mol. The molecule has 24 heavy (non-hydrogen) atoms. The van der Waals surface area contributed by atoms with Crippen LogP contribution in [0, 0.1) is 0 Å². The maximum Gasteiger partial charge on any atom is 0.352 e. The van der Waals surface area contributed by atoms with Crippen LogP contribution in [0.3, 0.4) is 0 Å². The SMILES string of the molecule is CS(=O)(=O)c1ccc(Oc2cc(O)c3[nH]c(C(=O)O)cc3c2)cc1. The lowest BCUT2D eigenvalue weighted by Gasteiger charge is -2.07. The van der Waals surface area contributed by atoms with E-state index >= 15 is 0 Å². The Morgan fingerprint density at radius 3 is 2.33 bits per heavy atom. The van der Waals surface area contributed by atoms with Crippen LogP contribution in [-0.4, -0.2) is 35.8 Å². The Labute approximate surface area is 137 Å². The number of aromatic nitrogens is 1. The van der Waals surface area contributed by atoms with Crippen molar-refractivity contribution in [2.75, 3.05) is 6.26 Å². The van der Waals surface area contributed by atoms with E-state index in [9.17, 15) is 18.3 Å². The Bertz CT molecular complexity index is 1030. The number of phenolic OH excluding ortho intramolecular Hbond substituents is 1. The van der Waals surface area contributed by atoms with Crippen LogP contribution in [0.2, 0.25) is 0 Å². The third-order valence-corrected chi connectivity index (χ3v) is 4.53. The van der Waals surface area contributed by atoms with Crippen molar-refractivity contribution >= 4 is 26.7 Å². The summed E-state index contributed by atoms with van der Waals surface area (Å²) in [6, 6.07) is 10.1. The van der Waals surface area contributed by atoms with Gasteiger partial charge < -0.3 is 19.9 Å². The minimum absolute atomic E-state index is 0.0463. The van der Waals surface area contributed by atoms with Crippen LogP contribution in [0.4, 0.5) is 0 Å². The molecule has 1 aromatic heterocycles. The minimum Gasteiger partial charge on any atom is -0.506 e. The average Bonchev–Trinajstić information content (AvgIpc) is 2.92. The second-order valence-corrected chi connectivity index (χ2v) is 7.26. The van der Waals surface area contributed by atoms with Gasteiger partial charge in [0.15, 0.2) is 9.84 Å². The molecule has 0 fully saturated rings. The molecule has 3 rings (SSSR count). The summed E-state index contributed by atoms with van der Waals surface area (Å²) >= 11 is 0. The Morgan fingerprint density at radius 2 is 1.75 bits per heavy atom. The van der Waals surface area contributed by atoms with E-state index in [2.05, 4.69) is 4.98 Å². The Morgan fingerprint density at radius 1 is 1.08 bits per heavy atom. The first-order valence-corrected chi connectivity index (χ1v) is 8.70. The van der Waals surface area contributed by atoms with Crippen LogP contribution in [0.15, 0.2) is 47.4 Å². The second kappa shape index (κ2) is 5.57. The molecular weight excluding hydrogens is 334 g/mol. The molecule has 7 nitrogen and oxygen atoms in total. The van der Waals surface area contributed by atoms with Crippen molar-refractivity contribution in [1.82, 2.24) is 4.98 Å². The van der Waals surface area contributed by atoms with Crippen molar-refractivity contribution in [1.29, 1.82) is 0 Å². The van der Waals surface area contributed by atoms with Gasteiger partial charge in [-0.2, -0.15) is 0 Å². The number of benzene rings is 2. The van der Waals surface area contributed by atoms with Crippen molar-refractivity contribution in [3.05, 3.63) is 48.2 Å². The van der Waals surface area contributed by atoms with E-state index in [0.29, 0.717) is 22.4 Å². The number of hydrogen-bond donors (Lipinski definition) is 3. The second-order valence-electron chi connectivity index (χ2n) is 5.24. The minimum atomic E-state index is -3.29. The van der Waals surface area contributed by atoms with Gasteiger partial charge in [-0.15, -0.1) is 0 Å². The summed E-state index contributed by atoms with van der Waals surface area (Å²) in [7, 11) is -3.29. The molecule has 3 N–H and O–H groups in total. The van der Waals surface area contributed by atoms with Crippen LogP contribution in [0.5, 0.6) is 17.2 Å². The molecule has 0 bridgehead atoms. The van der Waals surface area contributed by atoms with Crippen molar-refractivity contribution in [3.8, 4) is 17.2 Å². The van der Waals surface area contributed by atoms with Gasteiger partial charge >= 0.3 is 5.97 Å². The quantitative estimate of drug-likeness (QED) is 0.668. The predicted octanol–water partition coefficient (Wildman–Crippen LogP) is 2.77. The molecule has 0 aliphatic heterocycles. The first-order chi connectivity index (χ1) is 11.2. The van der Waals surface area contributed by atoms with Gasteiger partial charge in [-0.05, 0) is 36.4 Å². The maximum atomic E-state index is 11.4. The topological polar surface area (TPSA) is 117 Å². The van der Waals surface area contributed by atoms with Gasteiger partial charge in [0.1, 0.15) is 22.9 Å². The summed E-state index contributed by atoms with van der Waals surface area (Å²) in [6.07, 6.45) is 1.11. The fraction of sp³-hybridized carbons (Fsp3) is 0.0625. The number of carbonyl (C=O) groups is 1. The van der Waals surface area contributed by atoms with Crippen LogP contribution >= 0.6 is 0 Å². The number of fused-ring (bicyclic) bond motifs is 1. The molecule has 0 saturated heterocycles. The van der Waals surface area contributed by atoms with Gasteiger partial charge in [-0.1, -0.05) is 0 Å². The smallest absolute Gasteiger partial charge is 0.352 e. The molecule has 2 aromatic carbocycles. The Hall–Kier alpha value is -3.00. The highest BCUT2D eigenvalue weighted by atomic mass is 32.2. The molecule has 0 amide bonds. The molecule has 1 heterocycles. The molecule has 3 aromatic rings. The fourth-order valence-electron chi connectivity index (χ4n) is 2.26. The zero-order valence-corrected chi connectivity index (χ0v) is 13.3. The molecule has 0 radical (unpaired) electrons. The number of phenols is 1. The van der Waals surface area contributed by atoms with Gasteiger partial charge in [-0.3, -0.25) is 0 Å². The highest BCUT2D eigenvalue weighted by molar-refractivity contribution is 7.90. The zero-order valence-electron chi connectivity index (χ0n) is 12.5. The number of aromatic carboxylic acids is 1. The first-order valence-electron chi connectivity index (χ1n) is 6.81. The highest BCUT2D eigenvalue weighted by Crippen LogP contribution is 2.33. The van der Waals surface area contributed by atoms with Gasteiger partial charge in [0.05, 0.1) is 10.4 Å². The van der Waals surface area contributed by atoms with Crippen molar-refractivity contribution in [2.24, 2.45) is 0 Å². The third-order valence-electron chi connectivity index (χ3n) is 3.40. The first kappa shape index (κ1) is 15.9. The highest BCUT2D eigenvalue weighted by Gasteiger charge is 2.13. The van der Waals surface area contributed by atoms with E-state index in [0.717, 1.165) is 6.26 Å². The van der Waals surface area contributed by atoms with Gasteiger partial charge in [-0.25, -0.2) is 13.2 Å². The molecule has 8 heteroatoms. The van der Waals surface area contributed by atoms with E-state index in [1.165, 1.54) is 36.4 Å². The summed E-state index contributed by atoms with van der Waals surface area (Å²) in [4.78, 5) is 13.8. The largest absolute Gasteiger partial charge is 0.506 e. The maximum absolute atomic E-state index is 11.4. The number of rotatable bonds is 4. The third kappa shape index (κ3) is 3.04. The Balaban J connectivity index is 1.94. The van der Waals surface area contributed by atoms with E-state index in [1.807, 2.05) is 0 Å². The monoisotopic (exact) mass is 347 g/mol. The lowest BCUT2D eigenvalue weighted by atomic mass is 10.2. The standard InChI is InChI=1S/C16H13NO6S/c1-24(21,22)12-4-2-10(3-5-12)23-11-6-9-7-13(16(19)20)17-15(9)14(18)8-11/h2-8,17-18H,1H3,(H,19,20). The number of carboxylic acid groups (broad SMARTS) is 1. The van der Waals surface area contributed by atoms with E-state index in [4.69, 9.17) is 9.84 Å². The van der Waals surface area contributed by atoms with Crippen molar-refractivity contribution in [3.63, 3.8) is 0 Å². The normalized spacial score (nSPS) is 11.5. The summed E-state index contributed by atoms with van der Waals surface area (Å²) in [5.74, 6) is -0.606. The van der Waals surface area contributed by atoms with Crippen LogP contribution in [0.1, 0.15) is 10.5 Å². The number of aromatic amines is 1. The average molecular weight is 347 g/mol. The van der Waals surface area contributed by atoms with Gasteiger partial charge in [0.2, 0.25) is 0 Å². The van der Waals surface area contributed by atoms with Crippen molar-refractivity contribution in [2.45, 2.75) is 4.90 Å². The van der Waals surface area contributed by atoms with E-state index in [-0.39, 0.29) is 16.3 Å². The molecule has 0 aliphatic rings. The number of hydrogen-bond acceptors (Lipinski definition) is 5. The number of H-pyrrole nitrogens is 1. The zero-order chi connectivity index (χ0) is 17.5. The van der Waals surface area contributed by atoms with Crippen LogP contribution in [0.25, 0.3) is 10.9 Å². The summed E-state index contributed by atoms with van der Waals surface area (Å²) in [5, 5.41) is 19.5. The number of nitrogens with one attached hydrogen (secondary N) is 1. The number of ether oxygens (including phenoxy) is 1. The summed E-state index contributed by atoms with van der Waals surface area (Å²) < 4.78 is 28.4. The lowest BCUT2D eigenvalue weighted by Crippen LogP contribution is -1.96. The molecule has 0 spiro atoms. The lowest BCUT2D eigenvalue weighted by molar-refractivity contribution is 0.0691. The van der Waals surface area contributed by atoms with E-state index < -0.39 is 15.8 Å². The Kier molecular flexibility index (Phi) is 3.69. The van der Waals surface area contributed by atoms with Gasteiger partial charge in [0.25, 0.3) is 0 Å². The number of aromatic hydroxyl groups is 1. The van der Waals surface area contributed by atoms with Gasteiger partial charge in [0, 0.05) is 17.7 Å². The van der Waals surface area contributed by atoms with Crippen LogP contribution in [-0.2, 0) is 9.84 Å². The number of carboxylic acids is 1. The number of sulfone groups is 1. The molecule has 124 valence electrons. The summed E-state index contributed by atoms with van der Waals surface area (Å²) in [6.45, 7) is 0. The molecule has 0 saturated carbocycles. The molecular formula is C16H13NO6S. The molecule has 0 unspecified atom stereocenters. The van der Waals surface area contributed by atoms with E-state index in [1.54, 1.807) is 6.07 Å². The molecule has 0 aliphatic carbocycles. The van der Waals surface area contributed by atoms with Crippen LogP contribution < -0.4 is 4.74 Å².